The molecule has 1 unspecified atom stereocenters. The maximum Gasteiger partial charge on any atom is 0.242 e. The summed E-state index contributed by atoms with van der Waals surface area (Å²) in [6, 6.07) is 12.5. The van der Waals surface area contributed by atoms with E-state index in [1.165, 1.54) is 0 Å². The Bertz CT molecular complexity index is 1560. The van der Waals surface area contributed by atoms with Crippen molar-refractivity contribution >= 4 is 40.4 Å². The van der Waals surface area contributed by atoms with Crippen LogP contribution in [-0.2, 0) is 24.5 Å². The number of halogens is 1. The van der Waals surface area contributed by atoms with Crippen molar-refractivity contribution in [2.45, 2.75) is 84.2 Å². The minimum absolute atomic E-state index is 0.0512. The van der Waals surface area contributed by atoms with Gasteiger partial charge in [0.1, 0.15) is 11.9 Å². The lowest BCUT2D eigenvalue weighted by Crippen LogP contribution is -2.55. The van der Waals surface area contributed by atoms with Crippen LogP contribution in [0, 0.1) is 17.3 Å². The Balaban J connectivity index is 1.54. The number of carbonyl (C=O) groups is 3. The molecule has 3 aromatic rings. The largest absolute Gasteiger partial charge is 0.380 e. The first kappa shape index (κ1) is 32.9. The number of amides is 3. The van der Waals surface area contributed by atoms with Gasteiger partial charge in [0.2, 0.25) is 17.7 Å². The highest BCUT2D eigenvalue weighted by molar-refractivity contribution is 6.31. The van der Waals surface area contributed by atoms with Crippen LogP contribution in [0.4, 0.5) is 0 Å². The first-order valence-electron chi connectivity index (χ1n) is 16.1. The van der Waals surface area contributed by atoms with Gasteiger partial charge in [0.15, 0.2) is 0 Å². The zero-order valence-electron chi connectivity index (χ0n) is 27.1. The third-order valence-corrected chi connectivity index (χ3v) is 9.92. The maximum absolute atomic E-state index is 14.0. The SMILES string of the molecule is CCNC(=O)[C@H](NC(=O)C1(c2ccc3nc([C@@H](NC(=O)C(C)C)[C@H](c4ccccc4Cl)C4(C)CC4)[nH]c3c2)CCOC1)C(C)C. The molecule has 1 saturated heterocycles. The van der Waals surface area contributed by atoms with Gasteiger partial charge in [0.25, 0.3) is 0 Å². The van der Waals surface area contributed by atoms with Gasteiger partial charge in [-0.3, -0.25) is 14.4 Å². The van der Waals surface area contributed by atoms with E-state index in [4.69, 9.17) is 21.3 Å². The zero-order chi connectivity index (χ0) is 32.5. The lowest BCUT2D eigenvalue weighted by atomic mass is 9.78. The van der Waals surface area contributed by atoms with Gasteiger partial charge in [-0.1, -0.05) is 70.5 Å². The van der Waals surface area contributed by atoms with Gasteiger partial charge in [-0.2, -0.15) is 0 Å². The van der Waals surface area contributed by atoms with Gasteiger partial charge in [0, 0.05) is 30.0 Å². The molecule has 1 aliphatic heterocycles. The summed E-state index contributed by atoms with van der Waals surface area (Å²) in [5, 5.41) is 9.83. The number of aromatic nitrogens is 2. The molecule has 2 aliphatic rings. The highest BCUT2D eigenvalue weighted by Gasteiger charge is 2.51. The first-order chi connectivity index (χ1) is 21.4. The molecule has 3 amide bonds. The summed E-state index contributed by atoms with van der Waals surface area (Å²) < 4.78 is 5.80. The fourth-order valence-corrected chi connectivity index (χ4v) is 6.75. The van der Waals surface area contributed by atoms with E-state index in [1.54, 1.807) is 0 Å². The van der Waals surface area contributed by atoms with E-state index in [9.17, 15) is 14.4 Å². The second-order valence-corrected chi connectivity index (χ2v) is 14.0. The van der Waals surface area contributed by atoms with Crippen molar-refractivity contribution in [3.63, 3.8) is 0 Å². The van der Waals surface area contributed by atoms with Crippen molar-refractivity contribution in [2.75, 3.05) is 19.8 Å². The van der Waals surface area contributed by atoms with Crippen LogP contribution in [0.2, 0.25) is 5.02 Å². The monoisotopic (exact) mass is 635 g/mol. The fraction of sp³-hybridized carbons (Fsp3) is 0.543. The number of likely N-dealkylation sites (N-methyl/N-ethyl adjacent to an activating group) is 1. The Labute approximate surface area is 270 Å². The molecular formula is C35H46ClN5O4. The summed E-state index contributed by atoms with van der Waals surface area (Å²) in [4.78, 5) is 48.5. The summed E-state index contributed by atoms with van der Waals surface area (Å²) in [5.41, 5.74) is 2.26. The minimum Gasteiger partial charge on any atom is -0.380 e. The number of benzene rings is 2. The second-order valence-electron chi connectivity index (χ2n) is 13.6. The van der Waals surface area contributed by atoms with Crippen molar-refractivity contribution in [3.05, 3.63) is 64.4 Å². The normalized spacial score (nSPS) is 21.0. The molecule has 5 rings (SSSR count). The molecule has 242 valence electrons. The molecule has 2 aromatic carbocycles. The van der Waals surface area contributed by atoms with E-state index < -0.39 is 17.5 Å². The number of hydrogen-bond acceptors (Lipinski definition) is 5. The number of fused-ring (bicyclic) bond motifs is 1. The summed E-state index contributed by atoms with van der Waals surface area (Å²) in [5.74, 6) is -0.245. The molecule has 10 heteroatoms. The van der Waals surface area contributed by atoms with Crippen molar-refractivity contribution < 1.29 is 19.1 Å². The number of H-pyrrole nitrogens is 1. The molecule has 2 fully saturated rings. The Morgan fingerprint density at radius 2 is 1.76 bits per heavy atom. The Morgan fingerprint density at radius 3 is 2.36 bits per heavy atom. The Hall–Kier alpha value is -3.43. The second kappa shape index (κ2) is 13.1. The minimum atomic E-state index is -0.952. The number of ether oxygens (including phenoxy) is 1. The number of nitrogens with zero attached hydrogens (tertiary/aromatic N) is 1. The van der Waals surface area contributed by atoms with Gasteiger partial charge in [0.05, 0.1) is 29.1 Å². The van der Waals surface area contributed by atoms with Crippen molar-refractivity contribution in [1.82, 2.24) is 25.9 Å². The van der Waals surface area contributed by atoms with Gasteiger partial charge in [-0.05, 0) is 66.8 Å². The van der Waals surface area contributed by atoms with Crippen LogP contribution >= 0.6 is 11.6 Å². The van der Waals surface area contributed by atoms with Crippen LogP contribution < -0.4 is 16.0 Å². The van der Waals surface area contributed by atoms with Crippen molar-refractivity contribution in [2.24, 2.45) is 17.3 Å². The van der Waals surface area contributed by atoms with E-state index in [0.29, 0.717) is 30.4 Å². The summed E-state index contributed by atoms with van der Waals surface area (Å²) in [7, 11) is 0. The van der Waals surface area contributed by atoms with Crippen LogP contribution in [0.3, 0.4) is 0 Å². The molecule has 1 aliphatic carbocycles. The number of rotatable bonds is 12. The van der Waals surface area contributed by atoms with Crippen LogP contribution in [0.5, 0.6) is 0 Å². The number of carbonyl (C=O) groups excluding carboxylic acids is 3. The van der Waals surface area contributed by atoms with Crippen LogP contribution in [0.15, 0.2) is 42.5 Å². The number of imidazole rings is 1. The standard InChI is InChI=1S/C35H46ClN5O4/c1-7-37-32(43)28(20(2)3)41-33(44)35(16-17-45-19-35)22-12-13-25-26(18-22)39-30(38-25)29(40-31(42)21(4)5)27(34(6)14-15-34)23-10-8-9-11-24(23)36/h8-13,18,20-21,27-29H,7,14-17,19H2,1-6H3,(H,37,43)(H,38,39)(H,40,42)(H,41,44)/t27-,28+,29-,35?/m0/s1. The molecule has 9 nitrogen and oxygen atoms in total. The molecule has 4 atom stereocenters. The average molecular weight is 636 g/mol. The van der Waals surface area contributed by atoms with E-state index in [2.05, 4.69) is 27.9 Å². The van der Waals surface area contributed by atoms with Gasteiger partial charge in [-0.25, -0.2) is 4.98 Å². The quantitative estimate of drug-likeness (QED) is 0.208. The average Bonchev–Trinajstić information content (AvgIpc) is 3.37. The van der Waals surface area contributed by atoms with Gasteiger partial charge >= 0.3 is 0 Å². The maximum atomic E-state index is 14.0. The molecule has 1 aromatic heterocycles. The van der Waals surface area contributed by atoms with Crippen LogP contribution in [0.1, 0.15) is 89.7 Å². The molecule has 2 heterocycles. The van der Waals surface area contributed by atoms with Gasteiger partial charge < -0.3 is 25.7 Å². The van der Waals surface area contributed by atoms with Crippen LogP contribution in [0.25, 0.3) is 11.0 Å². The lowest BCUT2D eigenvalue weighted by Gasteiger charge is -2.33. The highest BCUT2D eigenvalue weighted by atomic mass is 35.5. The predicted octanol–water partition coefficient (Wildman–Crippen LogP) is 5.55. The lowest BCUT2D eigenvalue weighted by molar-refractivity contribution is -0.133. The molecule has 0 bridgehead atoms. The smallest absolute Gasteiger partial charge is 0.242 e. The Morgan fingerprint density at radius 1 is 1.02 bits per heavy atom. The highest BCUT2D eigenvalue weighted by Crippen LogP contribution is 2.60. The number of nitrogens with one attached hydrogen (secondary N) is 4. The molecule has 4 N–H and O–H groups in total. The first-order valence-corrected chi connectivity index (χ1v) is 16.5. The van der Waals surface area contributed by atoms with Crippen molar-refractivity contribution in [1.29, 1.82) is 0 Å². The van der Waals surface area contributed by atoms with E-state index >= 15 is 0 Å². The number of hydrogen-bond donors (Lipinski definition) is 4. The van der Waals surface area contributed by atoms with Crippen molar-refractivity contribution in [3.8, 4) is 0 Å². The molecular weight excluding hydrogens is 590 g/mol. The molecule has 0 radical (unpaired) electrons. The molecule has 45 heavy (non-hydrogen) atoms. The number of aromatic amines is 1. The zero-order valence-corrected chi connectivity index (χ0v) is 27.9. The third kappa shape index (κ3) is 6.61. The van der Waals surface area contributed by atoms with E-state index in [-0.39, 0.29) is 47.5 Å². The fourth-order valence-electron chi connectivity index (χ4n) is 6.50. The summed E-state index contributed by atoms with van der Waals surface area (Å²) >= 11 is 6.77. The summed E-state index contributed by atoms with van der Waals surface area (Å²) in [6.45, 7) is 12.8. The topological polar surface area (TPSA) is 125 Å². The molecule has 0 spiro atoms. The third-order valence-electron chi connectivity index (χ3n) is 9.58. The van der Waals surface area contributed by atoms with Gasteiger partial charge in [-0.15, -0.1) is 0 Å². The van der Waals surface area contributed by atoms with E-state index in [1.807, 2.05) is 77.1 Å². The summed E-state index contributed by atoms with van der Waals surface area (Å²) in [6.07, 6.45) is 2.53. The predicted molar refractivity (Wildman–Crippen MR) is 176 cm³/mol. The van der Waals surface area contributed by atoms with E-state index in [0.717, 1.165) is 35.0 Å². The molecule has 1 saturated carbocycles. The van der Waals surface area contributed by atoms with Crippen LogP contribution in [-0.4, -0.2) is 53.5 Å². The Kier molecular flexibility index (Phi) is 9.61.